The van der Waals surface area contributed by atoms with Crippen LogP contribution in [0.3, 0.4) is 0 Å². The molecule has 9 nitrogen and oxygen atoms in total. The van der Waals surface area contributed by atoms with Gasteiger partial charge in [-0.1, -0.05) is 248 Å². The van der Waals surface area contributed by atoms with E-state index in [0.717, 1.165) is 77.0 Å². The molecule has 73 heavy (non-hydrogen) atoms. The lowest BCUT2D eigenvalue weighted by molar-refractivity contribution is -0.870. The Morgan fingerprint density at radius 3 is 1.18 bits per heavy atom. The highest BCUT2D eigenvalue weighted by molar-refractivity contribution is 7.45. The van der Waals surface area contributed by atoms with Crippen LogP contribution < -0.4 is 4.89 Å². The largest absolute Gasteiger partial charge is 0.756 e. The zero-order valence-electron chi connectivity index (χ0n) is 48.3. The Balaban J connectivity index is 3.90. The monoisotopic (exact) mass is 1050 g/mol. The maximum absolute atomic E-state index is 12.8. The molecule has 0 rings (SSSR count). The molecule has 0 aromatic carbocycles. The van der Waals surface area contributed by atoms with Crippen molar-refractivity contribution in [2.75, 3.05) is 47.5 Å². The molecule has 0 amide bonds. The van der Waals surface area contributed by atoms with Crippen molar-refractivity contribution < 1.29 is 42.1 Å². The summed E-state index contributed by atoms with van der Waals surface area (Å²) in [4.78, 5) is 37.8. The Morgan fingerprint density at radius 1 is 0.438 bits per heavy atom. The highest BCUT2D eigenvalue weighted by atomic mass is 31.2. The van der Waals surface area contributed by atoms with E-state index in [-0.39, 0.29) is 32.0 Å². The summed E-state index contributed by atoms with van der Waals surface area (Å²) >= 11 is 0. The lowest BCUT2D eigenvalue weighted by atomic mass is 10.0. The van der Waals surface area contributed by atoms with Crippen molar-refractivity contribution in [1.82, 2.24) is 0 Å². The number of rotatable bonds is 56. The van der Waals surface area contributed by atoms with Gasteiger partial charge in [-0.15, -0.1) is 0 Å². The summed E-state index contributed by atoms with van der Waals surface area (Å²) in [5, 5.41) is 0. The van der Waals surface area contributed by atoms with Gasteiger partial charge in [0.2, 0.25) is 0 Å². The van der Waals surface area contributed by atoms with Crippen LogP contribution in [-0.4, -0.2) is 70.0 Å². The van der Waals surface area contributed by atoms with Crippen molar-refractivity contribution >= 4 is 19.8 Å². The number of hydrogen-bond acceptors (Lipinski definition) is 8. The van der Waals surface area contributed by atoms with Crippen LogP contribution in [-0.2, 0) is 32.7 Å². The van der Waals surface area contributed by atoms with Crippen LogP contribution in [0.2, 0.25) is 0 Å². The standard InChI is InChI=1S/C63H116NO8P/c1-6-8-10-12-14-16-18-20-21-22-23-24-25-26-27-28-29-30-31-32-33-34-35-36-37-38-39-40-41-42-43-44-46-48-50-52-54-56-63(66)72-61(60-71-73(67,68)70-58-57-64(3,4)5)59-69-62(65)55-53-51-49-47-45-19-17-15-13-11-9-7-2/h8,10,14-17,20-21,23-24,61H,6-7,9,11-13,18-19,22,25-60H2,1-5H3/b10-8-,16-14-,17-15-,21-20-,24-23-. The molecule has 0 radical (unpaired) electrons. The molecular formula is C63H116NO8P. The number of phosphoric ester groups is 1. The minimum atomic E-state index is -4.63. The maximum atomic E-state index is 12.8. The number of quaternary nitrogens is 1. The summed E-state index contributed by atoms with van der Waals surface area (Å²) in [7, 11) is 1.17. The van der Waals surface area contributed by atoms with Gasteiger partial charge in [0, 0.05) is 12.8 Å². The second kappa shape index (κ2) is 54.5. The van der Waals surface area contributed by atoms with E-state index >= 15 is 0 Å². The number of esters is 2. The van der Waals surface area contributed by atoms with Gasteiger partial charge in [0.25, 0.3) is 7.82 Å². The van der Waals surface area contributed by atoms with E-state index in [4.69, 9.17) is 18.5 Å². The fourth-order valence-electron chi connectivity index (χ4n) is 8.59. The zero-order chi connectivity index (χ0) is 53.5. The molecule has 2 atom stereocenters. The molecular weight excluding hydrogens is 930 g/mol. The summed E-state index contributed by atoms with van der Waals surface area (Å²) < 4.78 is 34.1. The normalized spacial score (nSPS) is 13.7. The number of allylic oxidation sites excluding steroid dienone is 10. The van der Waals surface area contributed by atoms with Crippen LogP contribution in [0.4, 0.5) is 0 Å². The first-order valence-electron chi connectivity index (χ1n) is 30.5. The molecule has 0 bridgehead atoms. The van der Waals surface area contributed by atoms with Crippen LogP contribution in [0.5, 0.6) is 0 Å². The third kappa shape index (κ3) is 58.8. The smallest absolute Gasteiger partial charge is 0.306 e. The van der Waals surface area contributed by atoms with E-state index in [1.54, 1.807) is 0 Å². The molecule has 2 unspecified atom stereocenters. The number of carbonyl (C=O) groups excluding carboxylic acids is 2. The van der Waals surface area contributed by atoms with Crippen LogP contribution in [0, 0.1) is 0 Å². The minimum absolute atomic E-state index is 0.0311. The molecule has 0 spiro atoms. The van der Waals surface area contributed by atoms with Gasteiger partial charge in [-0.05, 0) is 77.0 Å². The highest BCUT2D eigenvalue weighted by Gasteiger charge is 2.22. The average molecular weight is 1050 g/mol. The molecule has 426 valence electrons. The topological polar surface area (TPSA) is 111 Å². The molecule has 0 saturated heterocycles. The Hall–Kier alpha value is -2.29. The zero-order valence-corrected chi connectivity index (χ0v) is 49.2. The van der Waals surface area contributed by atoms with E-state index in [1.807, 2.05) is 21.1 Å². The van der Waals surface area contributed by atoms with Crippen LogP contribution in [0.15, 0.2) is 60.8 Å². The molecule has 0 aliphatic heterocycles. The average Bonchev–Trinajstić information content (AvgIpc) is 3.35. The molecule has 10 heteroatoms. The van der Waals surface area contributed by atoms with Gasteiger partial charge in [-0.2, -0.15) is 0 Å². The van der Waals surface area contributed by atoms with E-state index in [2.05, 4.69) is 74.6 Å². The Kier molecular flexibility index (Phi) is 52.8. The molecule has 0 aromatic heterocycles. The lowest BCUT2D eigenvalue weighted by Gasteiger charge is -2.28. The Bertz CT molecular complexity index is 1420. The predicted octanol–water partition coefficient (Wildman–Crippen LogP) is 18.5. The quantitative estimate of drug-likeness (QED) is 0.0195. The molecule has 0 aliphatic rings. The third-order valence-corrected chi connectivity index (χ3v) is 14.2. The van der Waals surface area contributed by atoms with Crippen molar-refractivity contribution in [2.45, 2.75) is 283 Å². The second-order valence-corrected chi connectivity index (χ2v) is 23.1. The fraction of sp³-hybridized carbons (Fsp3) is 0.810. The van der Waals surface area contributed by atoms with Crippen LogP contribution >= 0.6 is 7.82 Å². The van der Waals surface area contributed by atoms with E-state index in [1.165, 1.54) is 167 Å². The van der Waals surface area contributed by atoms with Crippen molar-refractivity contribution in [2.24, 2.45) is 0 Å². The van der Waals surface area contributed by atoms with E-state index in [9.17, 15) is 19.0 Å². The maximum Gasteiger partial charge on any atom is 0.306 e. The molecule has 0 N–H and O–H groups in total. The van der Waals surface area contributed by atoms with Crippen molar-refractivity contribution in [3.8, 4) is 0 Å². The van der Waals surface area contributed by atoms with Crippen LogP contribution in [0.25, 0.3) is 0 Å². The SMILES string of the molecule is CC/C=C\C/C=C\C/C=C\C/C=C\CCCCCCCCCCCCCCCCCCCCCCCCCCC(=O)OC(COC(=O)CCCCCCC/C=C\CCCCC)COP(=O)([O-])OCC[N+](C)(C)C. The van der Waals surface area contributed by atoms with E-state index < -0.39 is 26.5 Å². The number of likely N-dealkylation sites (N-methyl/N-ethyl adjacent to an activating group) is 1. The molecule has 0 fully saturated rings. The third-order valence-electron chi connectivity index (χ3n) is 13.3. The first-order valence-corrected chi connectivity index (χ1v) is 32.0. The number of ether oxygens (including phenoxy) is 2. The van der Waals surface area contributed by atoms with Gasteiger partial charge in [-0.3, -0.25) is 14.2 Å². The number of unbranched alkanes of at least 4 members (excludes halogenated alkanes) is 32. The molecule has 0 saturated carbocycles. The second-order valence-electron chi connectivity index (χ2n) is 21.7. The van der Waals surface area contributed by atoms with Crippen molar-refractivity contribution in [1.29, 1.82) is 0 Å². The number of carbonyl (C=O) groups is 2. The first kappa shape index (κ1) is 70.7. The van der Waals surface area contributed by atoms with Gasteiger partial charge in [0.15, 0.2) is 6.10 Å². The molecule has 0 heterocycles. The Labute approximate surface area is 451 Å². The van der Waals surface area contributed by atoms with Crippen molar-refractivity contribution in [3.05, 3.63) is 60.8 Å². The van der Waals surface area contributed by atoms with Gasteiger partial charge in [0.05, 0.1) is 27.7 Å². The van der Waals surface area contributed by atoms with E-state index in [0.29, 0.717) is 17.4 Å². The van der Waals surface area contributed by atoms with Gasteiger partial charge in [-0.25, -0.2) is 0 Å². The summed E-state index contributed by atoms with van der Waals surface area (Å²) in [5.74, 6) is -0.835. The van der Waals surface area contributed by atoms with Gasteiger partial charge < -0.3 is 27.9 Å². The van der Waals surface area contributed by atoms with Gasteiger partial charge >= 0.3 is 11.9 Å². The predicted molar refractivity (Wildman–Crippen MR) is 310 cm³/mol. The first-order chi connectivity index (χ1) is 35.5. The minimum Gasteiger partial charge on any atom is -0.756 e. The van der Waals surface area contributed by atoms with Crippen molar-refractivity contribution in [3.63, 3.8) is 0 Å². The fourth-order valence-corrected chi connectivity index (χ4v) is 9.31. The Morgan fingerprint density at radius 2 is 0.781 bits per heavy atom. The van der Waals surface area contributed by atoms with Gasteiger partial charge in [0.1, 0.15) is 19.8 Å². The summed E-state index contributed by atoms with van der Waals surface area (Å²) in [6, 6.07) is 0. The number of hydrogen-bond donors (Lipinski definition) is 0. The summed E-state index contributed by atoms with van der Waals surface area (Å²) in [5.41, 5.74) is 0. The summed E-state index contributed by atoms with van der Waals surface area (Å²) in [6.45, 7) is 4.11. The molecule has 0 aromatic rings. The lowest BCUT2D eigenvalue weighted by Crippen LogP contribution is -2.37. The summed E-state index contributed by atoms with van der Waals surface area (Å²) in [6.07, 6.45) is 70.2. The van der Waals surface area contributed by atoms with Crippen LogP contribution in [0.1, 0.15) is 277 Å². The molecule has 0 aliphatic carbocycles. The number of phosphoric acid groups is 1. The number of nitrogens with zero attached hydrogens (tertiary/aromatic N) is 1. The highest BCUT2D eigenvalue weighted by Crippen LogP contribution is 2.38.